The lowest BCUT2D eigenvalue weighted by Gasteiger charge is -2.09. The summed E-state index contributed by atoms with van der Waals surface area (Å²) in [5.74, 6) is -0.927. The Labute approximate surface area is 125 Å². The van der Waals surface area contributed by atoms with Crippen LogP contribution in [0.25, 0.3) is 5.57 Å². The molecule has 0 spiro atoms. The zero-order chi connectivity index (χ0) is 15.1. The number of carbonyl (C=O) groups is 1. The molecule has 0 amide bonds. The summed E-state index contributed by atoms with van der Waals surface area (Å²) in [6.45, 7) is 3.57. The molecule has 0 heterocycles. The molecule has 0 saturated heterocycles. The second kappa shape index (κ2) is 7.25. The Morgan fingerprint density at radius 2 is 1.43 bits per heavy atom. The van der Waals surface area contributed by atoms with Crippen molar-refractivity contribution in [3.63, 3.8) is 0 Å². The van der Waals surface area contributed by atoms with Crippen molar-refractivity contribution < 1.29 is 9.90 Å². The highest BCUT2D eigenvalue weighted by Gasteiger charge is 2.06. The van der Waals surface area contributed by atoms with E-state index in [1.54, 1.807) is 0 Å². The molecule has 2 nitrogen and oxygen atoms in total. The number of hydrogen-bond acceptors (Lipinski definition) is 1. The van der Waals surface area contributed by atoms with E-state index in [2.05, 4.69) is 36.9 Å². The molecule has 0 unspecified atom stereocenters. The fourth-order valence-electron chi connectivity index (χ4n) is 2.14. The maximum atomic E-state index is 10.8. The van der Waals surface area contributed by atoms with Crippen LogP contribution in [0.15, 0.2) is 78.9 Å². The Balaban J connectivity index is 2.25. The van der Waals surface area contributed by atoms with Gasteiger partial charge in [0.1, 0.15) is 0 Å². The van der Waals surface area contributed by atoms with Crippen LogP contribution in [0.2, 0.25) is 0 Å². The molecule has 0 atom stereocenters. The number of benzene rings is 2. The number of allylic oxidation sites excluding steroid dienone is 1. The Kier molecular flexibility index (Phi) is 5.10. The number of rotatable bonds is 6. The van der Waals surface area contributed by atoms with Gasteiger partial charge < -0.3 is 5.11 Å². The van der Waals surface area contributed by atoms with Crippen LogP contribution in [0.3, 0.4) is 0 Å². The minimum Gasteiger partial charge on any atom is -0.478 e. The minimum absolute atomic E-state index is 0.242. The smallest absolute Gasteiger partial charge is 0.330 e. The van der Waals surface area contributed by atoms with Crippen molar-refractivity contribution in [2.75, 3.05) is 0 Å². The van der Waals surface area contributed by atoms with Crippen molar-refractivity contribution >= 4 is 11.5 Å². The van der Waals surface area contributed by atoms with E-state index in [-0.39, 0.29) is 5.57 Å². The van der Waals surface area contributed by atoms with Crippen LogP contribution in [-0.2, 0) is 4.79 Å². The predicted molar refractivity (Wildman–Crippen MR) is 86.0 cm³/mol. The SMILES string of the molecule is C=C(CCC=C(c1ccccc1)c1ccccc1)C(=O)O. The Morgan fingerprint density at radius 1 is 0.952 bits per heavy atom. The van der Waals surface area contributed by atoms with Gasteiger partial charge in [-0.05, 0) is 29.5 Å². The van der Waals surface area contributed by atoms with Gasteiger partial charge in [-0.25, -0.2) is 4.79 Å². The first-order chi connectivity index (χ1) is 10.2. The van der Waals surface area contributed by atoms with E-state index >= 15 is 0 Å². The van der Waals surface area contributed by atoms with E-state index in [1.807, 2.05) is 36.4 Å². The zero-order valence-electron chi connectivity index (χ0n) is 11.8. The van der Waals surface area contributed by atoms with Crippen LogP contribution in [0.5, 0.6) is 0 Å². The highest BCUT2D eigenvalue weighted by Crippen LogP contribution is 2.24. The molecule has 2 rings (SSSR count). The molecule has 2 heteroatoms. The highest BCUT2D eigenvalue weighted by molar-refractivity contribution is 5.86. The van der Waals surface area contributed by atoms with E-state index in [0.717, 1.165) is 16.7 Å². The van der Waals surface area contributed by atoms with Crippen molar-refractivity contribution in [1.29, 1.82) is 0 Å². The van der Waals surface area contributed by atoms with E-state index in [4.69, 9.17) is 5.11 Å². The lowest BCUT2D eigenvalue weighted by atomic mass is 9.96. The van der Waals surface area contributed by atoms with Gasteiger partial charge in [0, 0.05) is 5.57 Å². The molecule has 2 aromatic rings. The standard InChI is InChI=1S/C19H18O2/c1-15(19(20)21)9-8-14-18(16-10-4-2-5-11-16)17-12-6-3-7-13-17/h2-7,10-14H,1,8-9H2,(H,20,21). The largest absolute Gasteiger partial charge is 0.478 e. The maximum Gasteiger partial charge on any atom is 0.330 e. The average molecular weight is 278 g/mol. The quantitative estimate of drug-likeness (QED) is 0.788. The van der Waals surface area contributed by atoms with Crippen LogP contribution in [-0.4, -0.2) is 11.1 Å². The summed E-state index contributed by atoms with van der Waals surface area (Å²) in [5, 5.41) is 8.86. The third-order valence-electron chi connectivity index (χ3n) is 3.27. The molecule has 0 fully saturated rings. The molecule has 0 aliphatic heterocycles. The first-order valence-corrected chi connectivity index (χ1v) is 6.90. The topological polar surface area (TPSA) is 37.3 Å². The van der Waals surface area contributed by atoms with Crippen molar-refractivity contribution in [3.05, 3.63) is 90.0 Å². The molecular weight excluding hydrogens is 260 g/mol. The second-order valence-corrected chi connectivity index (χ2v) is 4.80. The van der Waals surface area contributed by atoms with Crippen molar-refractivity contribution in [2.45, 2.75) is 12.8 Å². The summed E-state index contributed by atoms with van der Waals surface area (Å²) in [4.78, 5) is 10.8. The monoisotopic (exact) mass is 278 g/mol. The Morgan fingerprint density at radius 3 is 1.86 bits per heavy atom. The summed E-state index contributed by atoms with van der Waals surface area (Å²) in [5.41, 5.74) is 3.62. The normalized spacial score (nSPS) is 9.90. The molecule has 21 heavy (non-hydrogen) atoms. The maximum absolute atomic E-state index is 10.8. The van der Waals surface area contributed by atoms with Crippen LogP contribution in [0, 0.1) is 0 Å². The summed E-state index contributed by atoms with van der Waals surface area (Å²) < 4.78 is 0. The van der Waals surface area contributed by atoms with Gasteiger partial charge in [-0.1, -0.05) is 73.3 Å². The third-order valence-corrected chi connectivity index (χ3v) is 3.27. The van der Waals surface area contributed by atoms with Gasteiger partial charge in [0.15, 0.2) is 0 Å². The Hall–Kier alpha value is -2.61. The van der Waals surface area contributed by atoms with Crippen LogP contribution >= 0.6 is 0 Å². The fourth-order valence-corrected chi connectivity index (χ4v) is 2.14. The van der Waals surface area contributed by atoms with Crippen LogP contribution in [0.1, 0.15) is 24.0 Å². The lowest BCUT2D eigenvalue weighted by Crippen LogP contribution is -1.98. The molecule has 0 bridgehead atoms. The van der Waals surface area contributed by atoms with Gasteiger partial charge in [0.05, 0.1) is 0 Å². The van der Waals surface area contributed by atoms with Gasteiger partial charge >= 0.3 is 5.97 Å². The molecule has 0 radical (unpaired) electrons. The summed E-state index contributed by atoms with van der Waals surface area (Å²) in [6.07, 6.45) is 3.20. The molecule has 0 aliphatic rings. The molecule has 2 aromatic carbocycles. The first-order valence-electron chi connectivity index (χ1n) is 6.90. The number of hydrogen-bond donors (Lipinski definition) is 1. The summed E-state index contributed by atoms with van der Waals surface area (Å²) in [7, 11) is 0. The third kappa shape index (κ3) is 4.18. The van der Waals surface area contributed by atoms with Gasteiger partial charge in [-0.15, -0.1) is 0 Å². The second-order valence-electron chi connectivity index (χ2n) is 4.80. The molecule has 1 N–H and O–H groups in total. The van der Waals surface area contributed by atoms with Gasteiger partial charge in [-0.2, -0.15) is 0 Å². The molecule has 0 saturated carbocycles. The van der Waals surface area contributed by atoms with Crippen molar-refractivity contribution in [1.82, 2.24) is 0 Å². The number of aliphatic carboxylic acids is 1. The average Bonchev–Trinajstić information content (AvgIpc) is 2.53. The van der Waals surface area contributed by atoms with E-state index in [1.165, 1.54) is 0 Å². The fraction of sp³-hybridized carbons (Fsp3) is 0.105. The molecule has 0 aromatic heterocycles. The van der Waals surface area contributed by atoms with Gasteiger partial charge in [-0.3, -0.25) is 0 Å². The van der Waals surface area contributed by atoms with Crippen molar-refractivity contribution in [2.24, 2.45) is 0 Å². The summed E-state index contributed by atoms with van der Waals surface area (Å²) >= 11 is 0. The van der Waals surface area contributed by atoms with Crippen LogP contribution < -0.4 is 0 Å². The van der Waals surface area contributed by atoms with E-state index in [9.17, 15) is 4.79 Å². The zero-order valence-corrected chi connectivity index (χ0v) is 11.8. The first kappa shape index (κ1) is 14.8. The van der Waals surface area contributed by atoms with Crippen LogP contribution in [0.4, 0.5) is 0 Å². The van der Waals surface area contributed by atoms with Crippen molar-refractivity contribution in [3.8, 4) is 0 Å². The summed E-state index contributed by atoms with van der Waals surface area (Å²) in [6, 6.07) is 20.2. The molecular formula is C19H18O2. The highest BCUT2D eigenvalue weighted by atomic mass is 16.4. The van der Waals surface area contributed by atoms with Gasteiger partial charge in [0.2, 0.25) is 0 Å². The minimum atomic E-state index is -0.927. The van der Waals surface area contributed by atoms with E-state index < -0.39 is 5.97 Å². The molecule has 0 aliphatic carbocycles. The predicted octanol–water partition coefficient (Wildman–Crippen LogP) is 4.54. The van der Waals surface area contributed by atoms with E-state index in [0.29, 0.717) is 12.8 Å². The lowest BCUT2D eigenvalue weighted by molar-refractivity contribution is -0.132. The van der Waals surface area contributed by atoms with Gasteiger partial charge in [0.25, 0.3) is 0 Å². The number of carboxylic acid groups (broad SMARTS) is 1. The number of carboxylic acids is 1. The molecule has 106 valence electrons. The Bertz CT molecular complexity index is 598.